The second kappa shape index (κ2) is 8.91. The number of rotatable bonds is 6. The minimum atomic E-state index is -0.223. The maximum absolute atomic E-state index is 13.5. The van der Waals surface area contributed by atoms with Gasteiger partial charge in [0.2, 0.25) is 0 Å². The molecule has 0 aliphatic carbocycles. The highest BCUT2D eigenvalue weighted by atomic mass is 35.5. The second-order valence-corrected chi connectivity index (χ2v) is 8.58. The number of halogens is 2. The third kappa shape index (κ3) is 4.30. The molecule has 5 nitrogen and oxygen atoms in total. The predicted molar refractivity (Wildman–Crippen MR) is 116 cm³/mol. The smallest absolute Gasteiger partial charge is 0.123 e. The van der Waals surface area contributed by atoms with Crippen molar-refractivity contribution in [1.29, 1.82) is 5.26 Å². The normalized spacial score (nSPS) is 19.0. The van der Waals surface area contributed by atoms with Crippen LogP contribution in [0.4, 0.5) is 10.1 Å². The van der Waals surface area contributed by atoms with Gasteiger partial charge in [0.15, 0.2) is 0 Å². The average Bonchev–Trinajstić information content (AvgIpc) is 3.15. The molecule has 2 heterocycles. The summed E-state index contributed by atoms with van der Waals surface area (Å²) in [6.07, 6.45) is 1.69. The molecule has 2 N–H and O–H groups in total. The van der Waals surface area contributed by atoms with Crippen LogP contribution in [0, 0.1) is 17.1 Å². The lowest BCUT2D eigenvalue weighted by molar-refractivity contribution is 0.0169. The number of nitrogens with one attached hydrogen (secondary N) is 2. The fourth-order valence-electron chi connectivity index (χ4n) is 4.45. The van der Waals surface area contributed by atoms with Crippen molar-refractivity contribution in [2.45, 2.75) is 37.8 Å². The molecule has 0 saturated carbocycles. The first kappa shape index (κ1) is 21.1. The molecule has 2 aliphatic rings. The maximum atomic E-state index is 13.5. The summed E-state index contributed by atoms with van der Waals surface area (Å²) in [4.78, 5) is 0. The van der Waals surface area contributed by atoms with E-state index in [9.17, 15) is 4.39 Å². The standard InChI is InChI=1S/C23H26ClFN4O/c1-16(21-13-19(24)12-17-14-29(11-8-26)28-22(17)21)30-15-23(6-9-27-10-7-23)18-2-4-20(25)5-3-18/h2-5,12-13,16,27-28H,6-7,9-11,14-15H2,1H3/t16-/m1/s1. The van der Waals surface area contributed by atoms with Gasteiger partial charge in [-0.1, -0.05) is 23.7 Å². The maximum Gasteiger partial charge on any atom is 0.123 e. The molecular formula is C23H26ClFN4O. The molecule has 2 aromatic carbocycles. The summed E-state index contributed by atoms with van der Waals surface area (Å²) in [7, 11) is 0. The van der Waals surface area contributed by atoms with Crippen molar-refractivity contribution < 1.29 is 9.13 Å². The van der Waals surface area contributed by atoms with Crippen LogP contribution in [-0.2, 0) is 16.7 Å². The lowest BCUT2D eigenvalue weighted by Gasteiger charge is -2.39. The summed E-state index contributed by atoms with van der Waals surface area (Å²) in [6, 6.07) is 12.9. The van der Waals surface area contributed by atoms with E-state index < -0.39 is 0 Å². The van der Waals surface area contributed by atoms with Gasteiger partial charge in [-0.05, 0) is 68.2 Å². The Balaban J connectivity index is 1.55. The second-order valence-electron chi connectivity index (χ2n) is 8.15. The van der Waals surface area contributed by atoms with E-state index in [2.05, 4.69) is 16.8 Å². The predicted octanol–water partition coefficient (Wildman–Crippen LogP) is 4.54. The van der Waals surface area contributed by atoms with Crippen molar-refractivity contribution in [3.63, 3.8) is 0 Å². The highest BCUT2D eigenvalue weighted by molar-refractivity contribution is 6.30. The first-order valence-corrected chi connectivity index (χ1v) is 10.7. The summed E-state index contributed by atoms with van der Waals surface area (Å²) < 4.78 is 19.9. The van der Waals surface area contributed by atoms with Gasteiger partial charge in [0, 0.05) is 22.5 Å². The van der Waals surface area contributed by atoms with Gasteiger partial charge in [-0.15, -0.1) is 0 Å². The van der Waals surface area contributed by atoms with Crippen LogP contribution >= 0.6 is 11.6 Å². The molecule has 2 aliphatic heterocycles. The average molecular weight is 429 g/mol. The molecule has 2 aromatic rings. The molecule has 1 saturated heterocycles. The number of nitriles is 1. The molecule has 4 rings (SSSR count). The molecule has 0 spiro atoms. The topological polar surface area (TPSA) is 60.3 Å². The van der Waals surface area contributed by atoms with Crippen LogP contribution in [0.2, 0.25) is 5.02 Å². The Morgan fingerprint density at radius 3 is 2.70 bits per heavy atom. The zero-order valence-corrected chi connectivity index (χ0v) is 17.8. The molecule has 1 fully saturated rings. The Morgan fingerprint density at radius 1 is 1.27 bits per heavy atom. The quantitative estimate of drug-likeness (QED) is 0.661. The van der Waals surface area contributed by atoms with Gasteiger partial charge in [-0.2, -0.15) is 5.26 Å². The van der Waals surface area contributed by atoms with Crippen molar-refractivity contribution >= 4 is 17.3 Å². The van der Waals surface area contributed by atoms with E-state index in [1.165, 1.54) is 12.1 Å². The molecular weight excluding hydrogens is 403 g/mol. The van der Waals surface area contributed by atoms with Gasteiger partial charge in [0.05, 0.1) is 24.5 Å². The van der Waals surface area contributed by atoms with Crippen LogP contribution in [0.15, 0.2) is 36.4 Å². The van der Waals surface area contributed by atoms with Crippen LogP contribution in [0.5, 0.6) is 0 Å². The first-order valence-electron chi connectivity index (χ1n) is 10.3. The van der Waals surface area contributed by atoms with E-state index in [-0.39, 0.29) is 17.3 Å². The number of hydrogen-bond donors (Lipinski definition) is 2. The molecule has 1 atom stereocenters. The van der Waals surface area contributed by atoms with Gasteiger partial charge in [-0.3, -0.25) is 0 Å². The molecule has 7 heteroatoms. The van der Waals surface area contributed by atoms with Gasteiger partial charge >= 0.3 is 0 Å². The van der Waals surface area contributed by atoms with Crippen molar-refractivity contribution in [3.05, 3.63) is 63.9 Å². The number of benzene rings is 2. The largest absolute Gasteiger partial charge is 0.373 e. The summed E-state index contributed by atoms with van der Waals surface area (Å²) in [5.41, 5.74) is 7.32. The summed E-state index contributed by atoms with van der Waals surface area (Å²) >= 11 is 6.37. The number of ether oxygens (including phenoxy) is 1. The van der Waals surface area contributed by atoms with Crippen molar-refractivity contribution in [3.8, 4) is 6.07 Å². The number of fused-ring (bicyclic) bond motifs is 1. The molecule has 0 amide bonds. The number of piperidine rings is 1. The molecule has 30 heavy (non-hydrogen) atoms. The number of anilines is 1. The van der Waals surface area contributed by atoms with Crippen molar-refractivity contribution in [2.24, 2.45) is 0 Å². The monoisotopic (exact) mass is 428 g/mol. The third-order valence-corrected chi connectivity index (χ3v) is 6.39. The minimum absolute atomic E-state index is 0.144. The Hall–Kier alpha value is -2.17. The van der Waals surface area contributed by atoms with E-state index in [1.807, 2.05) is 36.2 Å². The zero-order chi connectivity index (χ0) is 21.1. The van der Waals surface area contributed by atoms with Gasteiger partial charge in [-0.25, -0.2) is 9.40 Å². The molecule has 0 radical (unpaired) electrons. The van der Waals surface area contributed by atoms with E-state index >= 15 is 0 Å². The highest BCUT2D eigenvalue weighted by Crippen LogP contribution is 2.39. The summed E-state index contributed by atoms with van der Waals surface area (Å²) in [6.45, 7) is 5.32. The van der Waals surface area contributed by atoms with E-state index in [0.717, 1.165) is 48.3 Å². The Labute approximate surface area is 181 Å². The van der Waals surface area contributed by atoms with Gasteiger partial charge in [0.1, 0.15) is 12.4 Å². The molecule has 0 unspecified atom stereocenters. The van der Waals surface area contributed by atoms with Crippen molar-refractivity contribution in [2.75, 3.05) is 31.7 Å². The molecule has 0 bridgehead atoms. The van der Waals surface area contributed by atoms with Crippen LogP contribution in [0.25, 0.3) is 0 Å². The fourth-order valence-corrected chi connectivity index (χ4v) is 4.70. The van der Waals surface area contributed by atoms with E-state index in [1.54, 1.807) is 0 Å². The van der Waals surface area contributed by atoms with Crippen LogP contribution in [0.3, 0.4) is 0 Å². The first-order chi connectivity index (χ1) is 14.5. The Kier molecular flexibility index (Phi) is 6.26. The summed E-state index contributed by atoms with van der Waals surface area (Å²) in [5, 5.41) is 14.9. The zero-order valence-electron chi connectivity index (χ0n) is 17.0. The van der Waals surface area contributed by atoms with Crippen molar-refractivity contribution in [1.82, 2.24) is 10.3 Å². The van der Waals surface area contributed by atoms with Crippen LogP contribution < -0.4 is 10.7 Å². The van der Waals surface area contributed by atoms with Gasteiger partial charge < -0.3 is 15.5 Å². The fraction of sp³-hybridized carbons (Fsp3) is 0.435. The van der Waals surface area contributed by atoms with Crippen LogP contribution in [0.1, 0.15) is 42.6 Å². The summed E-state index contributed by atoms with van der Waals surface area (Å²) in [5.74, 6) is -0.223. The van der Waals surface area contributed by atoms with Gasteiger partial charge in [0.25, 0.3) is 0 Å². The van der Waals surface area contributed by atoms with E-state index in [0.29, 0.717) is 24.7 Å². The number of hydrogen-bond acceptors (Lipinski definition) is 5. The Morgan fingerprint density at radius 2 is 2.00 bits per heavy atom. The number of nitrogens with zero attached hydrogens (tertiary/aromatic N) is 2. The third-order valence-electron chi connectivity index (χ3n) is 6.17. The lowest BCUT2D eigenvalue weighted by atomic mass is 9.74. The SMILES string of the molecule is C[C@@H](OCC1(c2ccc(F)cc2)CCNCC1)c1cc(Cl)cc2c1NN(CC#N)C2. The molecule has 158 valence electrons. The number of hydrazine groups is 1. The lowest BCUT2D eigenvalue weighted by Crippen LogP contribution is -2.43. The van der Waals surface area contributed by atoms with E-state index in [4.69, 9.17) is 21.6 Å². The van der Waals surface area contributed by atoms with Crippen LogP contribution in [-0.4, -0.2) is 31.3 Å². The highest BCUT2D eigenvalue weighted by Gasteiger charge is 2.35. The minimum Gasteiger partial charge on any atom is -0.373 e. The Bertz CT molecular complexity index is 937. The molecule has 0 aromatic heterocycles.